The zero-order valence-electron chi connectivity index (χ0n) is 11.6. The molecule has 1 aliphatic carbocycles. The number of hydrogen-bond acceptors (Lipinski definition) is 1. The van der Waals surface area contributed by atoms with Gasteiger partial charge in [0, 0.05) is 17.7 Å². The molecule has 0 spiro atoms. The van der Waals surface area contributed by atoms with E-state index in [0.29, 0.717) is 35.3 Å². The number of ketones is 1. The summed E-state index contributed by atoms with van der Waals surface area (Å²) in [6, 6.07) is 0. The van der Waals surface area contributed by atoms with Gasteiger partial charge in [-0.15, -0.1) is 0 Å². The molecule has 0 bridgehead atoms. The summed E-state index contributed by atoms with van der Waals surface area (Å²) < 4.78 is 0. The van der Waals surface area contributed by atoms with Crippen LogP contribution in [0.25, 0.3) is 0 Å². The van der Waals surface area contributed by atoms with Gasteiger partial charge in [-0.3, -0.25) is 4.79 Å². The van der Waals surface area contributed by atoms with Crippen LogP contribution in [-0.4, -0.2) is 10.6 Å². The molecule has 1 nitrogen and oxygen atoms in total. The standard InChI is InChI=1S/C15H25BrO/c1-6-12(17)7-8-13-11(3)14(16)9-10(2)15(13,4)5/h10,13-14H,3,6-9H2,1-2,4-5H3. The predicted octanol–water partition coefficient (Wildman–Crippen LogP) is 4.75. The van der Waals surface area contributed by atoms with Gasteiger partial charge in [-0.2, -0.15) is 0 Å². The van der Waals surface area contributed by atoms with Crippen LogP contribution in [0.5, 0.6) is 0 Å². The van der Waals surface area contributed by atoms with Gasteiger partial charge in [-0.1, -0.05) is 55.8 Å². The largest absolute Gasteiger partial charge is 0.300 e. The van der Waals surface area contributed by atoms with Gasteiger partial charge in [0.15, 0.2) is 0 Å². The zero-order chi connectivity index (χ0) is 13.2. The van der Waals surface area contributed by atoms with E-state index >= 15 is 0 Å². The van der Waals surface area contributed by atoms with Gasteiger partial charge in [-0.05, 0) is 30.1 Å². The molecule has 0 saturated heterocycles. The minimum atomic E-state index is 0.259. The molecule has 0 aromatic rings. The maximum Gasteiger partial charge on any atom is 0.132 e. The van der Waals surface area contributed by atoms with Crippen molar-refractivity contribution in [1.29, 1.82) is 0 Å². The number of alkyl halides is 1. The third kappa shape index (κ3) is 3.21. The van der Waals surface area contributed by atoms with E-state index < -0.39 is 0 Å². The Kier molecular flexibility index (Phi) is 5.00. The van der Waals surface area contributed by atoms with Crippen LogP contribution in [0.4, 0.5) is 0 Å². The second-order valence-electron chi connectivity index (χ2n) is 5.98. The summed E-state index contributed by atoms with van der Waals surface area (Å²) in [6.07, 6.45) is 3.48. The molecule has 3 atom stereocenters. The number of allylic oxidation sites excluding steroid dienone is 1. The summed E-state index contributed by atoms with van der Waals surface area (Å²) in [4.78, 5) is 11.9. The van der Waals surface area contributed by atoms with Crippen molar-refractivity contribution in [3.8, 4) is 0 Å². The van der Waals surface area contributed by atoms with E-state index in [1.807, 2.05) is 6.92 Å². The van der Waals surface area contributed by atoms with Crippen molar-refractivity contribution in [2.75, 3.05) is 0 Å². The van der Waals surface area contributed by atoms with Gasteiger partial charge in [0.2, 0.25) is 0 Å². The van der Waals surface area contributed by atoms with Crippen molar-refractivity contribution in [2.24, 2.45) is 17.3 Å². The molecule has 1 saturated carbocycles. The third-order valence-corrected chi connectivity index (χ3v) is 5.65. The SMILES string of the molecule is C=C1C(Br)CC(C)C(C)(C)C1CCC(=O)CC. The van der Waals surface area contributed by atoms with Crippen LogP contribution in [0.3, 0.4) is 0 Å². The Labute approximate surface area is 114 Å². The first kappa shape index (κ1) is 14.9. The normalized spacial score (nSPS) is 32.5. The lowest BCUT2D eigenvalue weighted by atomic mass is 9.60. The molecule has 0 aromatic heterocycles. The second kappa shape index (κ2) is 5.69. The lowest BCUT2D eigenvalue weighted by Crippen LogP contribution is -2.40. The third-order valence-electron chi connectivity index (χ3n) is 4.68. The maximum absolute atomic E-state index is 11.5. The predicted molar refractivity (Wildman–Crippen MR) is 77.4 cm³/mol. The smallest absolute Gasteiger partial charge is 0.132 e. The highest BCUT2D eigenvalue weighted by molar-refractivity contribution is 9.09. The molecule has 0 aromatic carbocycles. The quantitative estimate of drug-likeness (QED) is 0.541. The van der Waals surface area contributed by atoms with Gasteiger partial charge < -0.3 is 0 Å². The molecule has 98 valence electrons. The van der Waals surface area contributed by atoms with Crippen LogP contribution in [0, 0.1) is 17.3 Å². The number of carbonyl (C=O) groups is 1. The maximum atomic E-state index is 11.5. The fourth-order valence-corrected chi connectivity index (χ4v) is 3.72. The van der Waals surface area contributed by atoms with Crippen molar-refractivity contribution in [2.45, 2.75) is 58.2 Å². The monoisotopic (exact) mass is 300 g/mol. The van der Waals surface area contributed by atoms with Gasteiger partial charge in [-0.25, -0.2) is 0 Å². The molecular weight excluding hydrogens is 276 g/mol. The fourth-order valence-electron chi connectivity index (χ4n) is 2.84. The summed E-state index contributed by atoms with van der Waals surface area (Å²) in [5.74, 6) is 1.50. The molecule has 3 unspecified atom stereocenters. The topological polar surface area (TPSA) is 17.1 Å². The van der Waals surface area contributed by atoms with Crippen molar-refractivity contribution in [3.63, 3.8) is 0 Å². The highest BCUT2D eigenvalue weighted by Gasteiger charge is 2.42. The minimum absolute atomic E-state index is 0.259. The Bertz CT molecular complexity index is 306. The molecule has 0 aliphatic heterocycles. The van der Waals surface area contributed by atoms with E-state index in [1.165, 1.54) is 5.57 Å². The molecule has 1 aliphatic rings. The summed E-state index contributed by atoms with van der Waals surface area (Å²) in [6.45, 7) is 13.2. The highest BCUT2D eigenvalue weighted by Crippen LogP contribution is 2.50. The molecular formula is C15H25BrO. The molecule has 0 radical (unpaired) electrons. The van der Waals surface area contributed by atoms with Crippen LogP contribution in [0.1, 0.15) is 53.4 Å². The number of hydrogen-bond donors (Lipinski definition) is 0. The van der Waals surface area contributed by atoms with Crippen LogP contribution in [-0.2, 0) is 4.79 Å². The zero-order valence-corrected chi connectivity index (χ0v) is 13.1. The van der Waals surface area contributed by atoms with E-state index in [-0.39, 0.29) is 5.41 Å². The number of rotatable bonds is 4. The first-order valence-corrected chi connectivity index (χ1v) is 7.56. The molecule has 2 heteroatoms. The molecule has 0 heterocycles. The number of Topliss-reactive ketones (excluding diaryl/α,β-unsaturated/α-hetero) is 1. The first-order valence-electron chi connectivity index (χ1n) is 6.65. The van der Waals surface area contributed by atoms with Crippen molar-refractivity contribution < 1.29 is 4.79 Å². The van der Waals surface area contributed by atoms with E-state index in [9.17, 15) is 4.79 Å². The van der Waals surface area contributed by atoms with E-state index in [1.54, 1.807) is 0 Å². The number of halogens is 1. The average molecular weight is 301 g/mol. The van der Waals surface area contributed by atoms with E-state index in [2.05, 4.69) is 43.3 Å². The Balaban J connectivity index is 2.77. The molecule has 1 fully saturated rings. The van der Waals surface area contributed by atoms with Crippen LogP contribution in [0.15, 0.2) is 12.2 Å². The number of carbonyl (C=O) groups excluding carboxylic acids is 1. The Morgan fingerprint density at radius 3 is 2.65 bits per heavy atom. The van der Waals surface area contributed by atoms with Crippen molar-refractivity contribution in [3.05, 3.63) is 12.2 Å². The van der Waals surface area contributed by atoms with Gasteiger partial charge in [0.25, 0.3) is 0 Å². The highest BCUT2D eigenvalue weighted by atomic mass is 79.9. The molecule has 0 amide bonds. The minimum Gasteiger partial charge on any atom is -0.300 e. The Morgan fingerprint density at radius 2 is 2.12 bits per heavy atom. The fraction of sp³-hybridized carbons (Fsp3) is 0.800. The molecule has 0 N–H and O–H groups in total. The second-order valence-corrected chi connectivity index (χ2v) is 7.09. The van der Waals surface area contributed by atoms with Crippen LogP contribution in [0.2, 0.25) is 0 Å². The average Bonchev–Trinajstić information content (AvgIpc) is 2.26. The van der Waals surface area contributed by atoms with Gasteiger partial charge in [0.05, 0.1) is 0 Å². The van der Waals surface area contributed by atoms with E-state index in [0.717, 1.165) is 12.8 Å². The summed E-state index contributed by atoms with van der Waals surface area (Å²) in [5.41, 5.74) is 1.55. The van der Waals surface area contributed by atoms with Gasteiger partial charge in [0.1, 0.15) is 5.78 Å². The first-order chi connectivity index (χ1) is 7.80. The Morgan fingerprint density at radius 1 is 1.53 bits per heavy atom. The molecule has 17 heavy (non-hydrogen) atoms. The Hall–Kier alpha value is -0.110. The van der Waals surface area contributed by atoms with Crippen LogP contribution >= 0.6 is 15.9 Å². The van der Waals surface area contributed by atoms with Crippen molar-refractivity contribution in [1.82, 2.24) is 0 Å². The van der Waals surface area contributed by atoms with E-state index in [4.69, 9.17) is 0 Å². The van der Waals surface area contributed by atoms with Crippen molar-refractivity contribution >= 4 is 21.7 Å². The lowest BCUT2D eigenvalue weighted by Gasteiger charge is -2.47. The summed E-state index contributed by atoms with van der Waals surface area (Å²) in [5, 5.41) is 0. The summed E-state index contributed by atoms with van der Waals surface area (Å²) in [7, 11) is 0. The molecule has 1 rings (SSSR count). The van der Waals surface area contributed by atoms with Gasteiger partial charge >= 0.3 is 0 Å². The lowest BCUT2D eigenvalue weighted by molar-refractivity contribution is -0.119. The van der Waals surface area contributed by atoms with Crippen LogP contribution < -0.4 is 0 Å². The summed E-state index contributed by atoms with van der Waals surface area (Å²) >= 11 is 3.73.